The van der Waals surface area contributed by atoms with Gasteiger partial charge in [-0.15, -0.1) is 0 Å². The fourth-order valence-electron chi connectivity index (χ4n) is 4.17. The maximum atomic E-state index is 13.3. The van der Waals surface area contributed by atoms with E-state index in [9.17, 15) is 9.18 Å². The normalized spacial score (nSPS) is 13.4. The molecule has 0 bridgehead atoms. The summed E-state index contributed by atoms with van der Waals surface area (Å²) in [5.74, 6) is 0.549. The lowest BCUT2D eigenvalue weighted by Gasteiger charge is -2.40. The molecule has 0 aliphatic carbocycles. The van der Waals surface area contributed by atoms with Crippen LogP contribution in [0.4, 0.5) is 4.39 Å². The zero-order valence-electron chi connectivity index (χ0n) is 21.0. The van der Waals surface area contributed by atoms with Gasteiger partial charge in [-0.3, -0.25) is 9.78 Å². The molecule has 0 aliphatic rings. The summed E-state index contributed by atoms with van der Waals surface area (Å²) in [7, 11) is 1.49. The largest absolute Gasteiger partial charge is 0.375 e. The summed E-state index contributed by atoms with van der Waals surface area (Å²) < 4.78 is 20.4. The molecule has 0 saturated carbocycles. The van der Waals surface area contributed by atoms with Crippen molar-refractivity contribution in [3.63, 3.8) is 0 Å². The minimum absolute atomic E-state index is 0.0794. The highest BCUT2D eigenvalue weighted by Crippen LogP contribution is 2.39. The van der Waals surface area contributed by atoms with E-state index < -0.39 is 18.8 Å². The highest BCUT2D eigenvalue weighted by Gasteiger charge is 2.38. The average molecular weight is 482 g/mol. The maximum absolute atomic E-state index is 13.3. The third-order valence-electron chi connectivity index (χ3n) is 5.84. The van der Waals surface area contributed by atoms with Gasteiger partial charge in [-0.25, -0.2) is 9.37 Å². The van der Waals surface area contributed by atoms with Crippen molar-refractivity contribution < 1.29 is 13.9 Å². The van der Waals surface area contributed by atoms with Gasteiger partial charge < -0.3 is 19.9 Å². The second kappa shape index (κ2) is 12.0. The van der Waals surface area contributed by atoms with Crippen molar-refractivity contribution in [1.29, 1.82) is 0 Å². The molecule has 1 amide bonds. The summed E-state index contributed by atoms with van der Waals surface area (Å²) >= 11 is 0. The van der Waals surface area contributed by atoms with Gasteiger partial charge in [0.15, 0.2) is 0 Å². The lowest BCUT2D eigenvalue weighted by Crippen LogP contribution is -2.45. The van der Waals surface area contributed by atoms with Gasteiger partial charge in [0, 0.05) is 37.7 Å². The Morgan fingerprint density at radius 1 is 1.17 bits per heavy atom. The van der Waals surface area contributed by atoms with Gasteiger partial charge in [0.2, 0.25) is 5.91 Å². The van der Waals surface area contributed by atoms with Crippen molar-refractivity contribution in [3.05, 3.63) is 72.4 Å². The molecule has 1 aromatic carbocycles. The van der Waals surface area contributed by atoms with Gasteiger partial charge in [0.25, 0.3) is 0 Å². The van der Waals surface area contributed by atoms with Gasteiger partial charge in [0.1, 0.15) is 19.1 Å². The van der Waals surface area contributed by atoms with Gasteiger partial charge in [0.05, 0.1) is 24.0 Å². The molecule has 2 atom stereocenters. The highest BCUT2D eigenvalue weighted by atomic mass is 19.1. The number of ether oxygens (including phenoxy) is 1. The Balaban J connectivity index is 2.13. The first-order chi connectivity index (χ1) is 16.7. The van der Waals surface area contributed by atoms with Crippen LogP contribution in [0.5, 0.6) is 0 Å². The number of pyridine rings is 1. The zero-order chi connectivity index (χ0) is 25.4. The van der Waals surface area contributed by atoms with Crippen LogP contribution in [0.3, 0.4) is 0 Å². The van der Waals surface area contributed by atoms with Gasteiger partial charge in [-0.1, -0.05) is 57.2 Å². The van der Waals surface area contributed by atoms with E-state index >= 15 is 0 Å². The Kier molecular flexibility index (Phi) is 9.12. The van der Waals surface area contributed by atoms with Crippen LogP contribution in [0.25, 0.3) is 11.3 Å². The Morgan fingerprint density at radius 2 is 1.89 bits per heavy atom. The standard InChI is InChI=1S/C27H36FN5O2/c1-27(2,3)25(33(24(34)19-35-4)15-13-21(29)16-28)26-31-23(20-10-6-5-7-11-20)18-32(26)17-22-12-8-9-14-30-22/h5-12,14,18,21,25H,13,15-17,19,29H2,1-4H3. The fraction of sp³-hybridized carbons (Fsp3) is 0.444. The minimum atomic E-state index is -0.640. The smallest absolute Gasteiger partial charge is 0.249 e. The summed E-state index contributed by atoms with van der Waals surface area (Å²) in [6, 6.07) is 14.7. The first-order valence-electron chi connectivity index (χ1n) is 11.9. The van der Waals surface area contributed by atoms with Crippen LogP contribution in [0, 0.1) is 5.41 Å². The molecular weight excluding hydrogens is 445 g/mol. The van der Waals surface area contributed by atoms with Crippen molar-refractivity contribution in [2.45, 2.75) is 45.8 Å². The number of imidazole rings is 1. The molecule has 2 heterocycles. The number of amides is 1. The summed E-state index contributed by atoms with van der Waals surface area (Å²) in [4.78, 5) is 24.6. The van der Waals surface area contributed by atoms with Crippen molar-refractivity contribution in [1.82, 2.24) is 19.4 Å². The fourth-order valence-corrected chi connectivity index (χ4v) is 4.17. The Labute approximate surface area is 207 Å². The van der Waals surface area contributed by atoms with Crippen LogP contribution < -0.4 is 5.73 Å². The monoisotopic (exact) mass is 481 g/mol. The van der Waals surface area contributed by atoms with Crippen LogP contribution in [0.15, 0.2) is 60.9 Å². The first kappa shape index (κ1) is 26.5. The molecule has 0 aliphatic heterocycles. The van der Waals surface area contributed by atoms with Crippen LogP contribution in [0.1, 0.15) is 44.8 Å². The number of hydrogen-bond acceptors (Lipinski definition) is 5. The summed E-state index contributed by atoms with van der Waals surface area (Å²) in [6.07, 6.45) is 4.10. The summed E-state index contributed by atoms with van der Waals surface area (Å²) in [5, 5.41) is 0. The van der Waals surface area contributed by atoms with Crippen molar-refractivity contribution >= 4 is 5.91 Å². The molecule has 0 radical (unpaired) electrons. The van der Waals surface area contributed by atoms with Crippen LogP contribution in [-0.4, -0.2) is 58.3 Å². The van der Waals surface area contributed by atoms with E-state index in [0.717, 1.165) is 22.8 Å². The second-order valence-corrected chi connectivity index (χ2v) is 9.79. The van der Waals surface area contributed by atoms with Gasteiger partial charge in [-0.2, -0.15) is 0 Å². The van der Waals surface area contributed by atoms with E-state index in [-0.39, 0.29) is 17.9 Å². The molecule has 2 aromatic heterocycles. The Hall–Kier alpha value is -3.10. The van der Waals surface area contributed by atoms with Crippen LogP contribution >= 0.6 is 0 Å². The Bertz CT molecular complexity index is 1070. The van der Waals surface area contributed by atoms with E-state index in [1.54, 1.807) is 11.1 Å². The van der Waals surface area contributed by atoms with Crippen LogP contribution in [-0.2, 0) is 16.1 Å². The number of nitrogens with two attached hydrogens (primary N) is 1. The third-order valence-corrected chi connectivity index (χ3v) is 5.84. The Morgan fingerprint density at radius 3 is 2.49 bits per heavy atom. The van der Waals surface area contributed by atoms with Crippen molar-refractivity contribution in [3.8, 4) is 11.3 Å². The molecule has 0 spiro atoms. The molecule has 3 rings (SSSR count). The van der Waals surface area contributed by atoms with Gasteiger partial charge in [-0.05, 0) is 24.0 Å². The molecule has 35 heavy (non-hydrogen) atoms. The van der Waals surface area contributed by atoms with E-state index in [2.05, 4.69) is 30.3 Å². The number of carbonyl (C=O) groups excluding carboxylic acids is 1. The molecule has 0 fully saturated rings. The number of aromatic nitrogens is 3. The predicted molar refractivity (Wildman–Crippen MR) is 135 cm³/mol. The molecule has 3 aromatic rings. The number of rotatable bonds is 11. The molecule has 8 heteroatoms. The molecule has 188 valence electrons. The lowest BCUT2D eigenvalue weighted by atomic mass is 9.84. The highest BCUT2D eigenvalue weighted by molar-refractivity contribution is 5.78. The SMILES string of the molecule is COCC(=O)N(CCC(N)CF)C(c1nc(-c2ccccc2)cn1Cc1ccccn1)C(C)(C)C. The zero-order valence-corrected chi connectivity index (χ0v) is 21.0. The quantitative estimate of drug-likeness (QED) is 0.443. The third kappa shape index (κ3) is 6.96. The van der Waals surface area contributed by atoms with E-state index in [1.165, 1.54) is 7.11 Å². The van der Waals surface area contributed by atoms with E-state index in [4.69, 9.17) is 15.5 Å². The first-order valence-corrected chi connectivity index (χ1v) is 11.9. The minimum Gasteiger partial charge on any atom is -0.375 e. The predicted octanol–water partition coefficient (Wildman–Crippen LogP) is 4.24. The number of hydrogen-bond donors (Lipinski definition) is 1. The maximum Gasteiger partial charge on any atom is 0.249 e. The summed E-state index contributed by atoms with van der Waals surface area (Å²) in [6.45, 7) is 6.29. The number of methoxy groups -OCH3 is 1. The molecular formula is C27H36FN5O2. The molecule has 2 N–H and O–H groups in total. The number of alkyl halides is 1. The number of carbonyl (C=O) groups is 1. The molecule has 2 unspecified atom stereocenters. The van der Waals surface area contributed by atoms with Crippen molar-refractivity contribution in [2.24, 2.45) is 11.1 Å². The van der Waals surface area contributed by atoms with E-state index in [1.807, 2.05) is 54.7 Å². The molecule has 7 nitrogen and oxygen atoms in total. The van der Waals surface area contributed by atoms with Crippen molar-refractivity contribution in [2.75, 3.05) is 26.9 Å². The number of nitrogens with zero attached hydrogens (tertiary/aromatic N) is 4. The topological polar surface area (TPSA) is 86.3 Å². The lowest BCUT2D eigenvalue weighted by molar-refractivity contribution is -0.140. The summed E-state index contributed by atoms with van der Waals surface area (Å²) in [5.41, 5.74) is 8.17. The molecule has 0 saturated heterocycles. The number of benzene rings is 1. The number of halogens is 1. The van der Waals surface area contributed by atoms with Gasteiger partial charge >= 0.3 is 0 Å². The second-order valence-electron chi connectivity index (χ2n) is 9.79. The average Bonchev–Trinajstić information content (AvgIpc) is 3.24. The van der Waals surface area contributed by atoms with Crippen LogP contribution in [0.2, 0.25) is 0 Å². The van der Waals surface area contributed by atoms with E-state index in [0.29, 0.717) is 19.5 Å².